The maximum Gasteiger partial charge on any atom is 0.190 e. The lowest BCUT2D eigenvalue weighted by molar-refractivity contribution is -0.259. The van der Waals surface area contributed by atoms with Crippen LogP contribution in [0.15, 0.2) is 0 Å². The quantitative estimate of drug-likeness (QED) is 0.789. The third-order valence-corrected chi connectivity index (χ3v) is 6.39. The summed E-state index contributed by atoms with van der Waals surface area (Å²) in [5.41, 5.74) is 0. The fourth-order valence-corrected chi connectivity index (χ4v) is 5.09. The van der Waals surface area contributed by atoms with Crippen LogP contribution in [0, 0.1) is 0 Å². The predicted octanol–water partition coefficient (Wildman–Crippen LogP) is 2.22. The van der Waals surface area contributed by atoms with Gasteiger partial charge in [0.05, 0.1) is 6.61 Å². The second-order valence-electron chi connectivity index (χ2n) is 8.07. The van der Waals surface area contributed by atoms with Crippen LogP contribution in [0.2, 0.25) is 0 Å². The Morgan fingerprint density at radius 2 is 1.38 bits per heavy atom. The molecule has 5 aliphatic rings. The highest BCUT2D eigenvalue weighted by atomic mass is 16.8. The van der Waals surface area contributed by atoms with Gasteiger partial charge in [-0.1, -0.05) is 12.8 Å². The first-order valence-corrected chi connectivity index (χ1v) is 9.70. The molecule has 2 saturated carbocycles. The van der Waals surface area contributed by atoms with Gasteiger partial charge in [0.15, 0.2) is 17.9 Å². The van der Waals surface area contributed by atoms with Gasteiger partial charge in [-0.15, -0.1) is 0 Å². The molecule has 3 aliphatic heterocycles. The van der Waals surface area contributed by atoms with E-state index in [9.17, 15) is 5.11 Å². The summed E-state index contributed by atoms with van der Waals surface area (Å²) >= 11 is 0. The SMILES string of the molecule is O[C@@H]1C2OC3(CCCCC3)O[C@H]2O[C@@H]1C1COC2(CCCCC2)O1. The largest absolute Gasteiger partial charge is 0.387 e. The molecule has 3 heterocycles. The highest BCUT2D eigenvalue weighted by molar-refractivity contribution is 5.00. The summed E-state index contributed by atoms with van der Waals surface area (Å²) in [5, 5.41) is 10.8. The highest BCUT2D eigenvalue weighted by Gasteiger charge is 2.60. The van der Waals surface area contributed by atoms with Crippen LogP contribution in [-0.4, -0.2) is 54.0 Å². The van der Waals surface area contributed by atoms with Gasteiger partial charge in [0, 0.05) is 25.7 Å². The molecule has 0 aromatic carbocycles. The molecule has 5 atom stereocenters. The van der Waals surface area contributed by atoms with E-state index in [0.717, 1.165) is 51.4 Å². The molecule has 0 aromatic rings. The maximum absolute atomic E-state index is 10.8. The average Bonchev–Trinajstić information content (AvgIpc) is 3.23. The van der Waals surface area contributed by atoms with Crippen molar-refractivity contribution in [3.05, 3.63) is 0 Å². The Balaban J connectivity index is 1.24. The predicted molar refractivity (Wildman–Crippen MR) is 83.1 cm³/mol. The molecule has 2 spiro atoms. The topological polar surface area (TPSA) is 66.4 Å². The number of hydrogen-bond acceptors (Lipinski definition) is 6. The van der Waals surface area contributed by atoms with Gasteiger partial charge in [0.25, 0.3) is 0 Å². The molecule has 3 saturated heterocycles. The normalized spacial score (nSPS) is 46.6. The molecule has 0 amide bonds. The number of hydrogen-bond donors (Lipinski definition) is 1. The summed E-state index contributed by atoms with van der Waals surface area (Å²) in [6.07, 6.45) is 8.38. The van der Waals surface area contributed by atoms with Crippen molar-refractivity contribution in [3.63, 3.8) is 0 Å². The summed E-state index contributed by atoms with van der Waals surface area (Å²) in [6, 6.07) is 0. The monoisotopic (exact) mass is 340 g/mol. The third kappa shape index (κ3) is 2.54. The van der Waals surface area contributed by atoms with Crippen molar-refractivity contribution >= 4 is 0 Å². The van der Waals surface area contributed by atoms with Crippen LogP contribution in [-0.2, 0) is 23.7 Å². The molecule has 1 N–H and O–H groups in total. The number of fused-ring (bicyclic) bond motifs is 1. The van der Waals surface area contributed by atoms with Crippen molar-refractivity contribution in [2.24, 2.45) is 0 Å². The second-order valence-corrected chi connectivity index (χ2v) is 8.07. The molecule has 136 valence electrons. The molecule has 2 unspecified atom stereocenters. The Morgan fingerprint density at radius 1 is 0.708 bits per heavy atom. The zero-order valence-corrected chi connectivity index (χ0v) is 14.2. The number of rotatable bonds is 1. The number of ether oxygens (including phenoxy) is 5. The molecule has 2 aliphatic carbocycles. The van der Waals surface area contributed by atoms with Crippen LogP contribution in [0.4, 0.5) is 0 Å². The van der Waals surface area contributed by atoms with Crippen molar-refractivity contribution in [1.29, 1.82) is 0 Å². The van der Waals surface area contributed by atoms with Crippen LogP contribution in [0.25, 0.3) is 0 Å². The van der Waals surface area contributed by atoms with E-state index in [1.807, 2.05) is 0 Å². The van der Waals surface area contributed by atoms with E-state index in [0.29, 0.717) is 6.61 Å². The molecule has 0 radical (unpaired) electrons. The van der Waals surface area contributed by atoms with Gasteiger partial charge in [-0.2, -0.15) is 0 Å². The van der Waals surface area contributed by atoms with Crippen LogP contribution in [0.5, 0.6) is 0 Å². The van der Waals surface area contributed by atoms with Crippen LogP contribution in [0.1, 0.15) is 64.2 Å². The Bertz CT molecular complexity index is 470. The minimum atomic E-state index is -0.719. The summed E-state index contributed by atoms with van der Waals surface area (Å²) < 4.78 is 30.5. The van der Waals surface area contributed by atoms with E-state index in [4.69, 9.17) is 23.7 Å². The summed E-state index contributed by atoms with van der Waals surface area (Å²) in [7, 11) is 0. The van der Waals surface area contributed by atoms with E-state index in [1.165, 1.54) is 12.8 Å². The van der Waals surface area contributed by atoms with Crippen molar-refractivity contribution in [2.75, 3.05) is 6.61 Å². The van der Waals surface area contributed by atoms with E-state index in [1.54, 1.807) is 0 Å². The Hall–Kier alpha value is -0.240. The summed E-state index contributed by atoms with van der Waals surface area (Å²) in [4.78, 5) is 0. The molecule has 0 aromatic heterocycles. The highest BCUT2D eigenvalue weighted by Crippen LogP contribution is 2.47. The first-order chi connectivity index (χ1) is 11.7. The molecule has 6 nitrogen and oxygen atoms in total. The molecule has 5 rings (SSSR count). The van der Waals surface area contributed by atoms with Gasteiger partial charge in [-0.25, -0.2) is 0 Å². The van der Waals surface area contributed by atoms with Gasteiger partial charge in [0.2, 0.25) is 0 Å². The van der Waals surface area contributed by atoms with Crippen LogP contribution >= 0.6 is 0 Å². The van der Waals surface area contributed by atoms with Crippen molar-refractivity contribution in [2.45, 2.75) is 106 Å². The van der Waals surface area contributed by atoms with Crippen LogP contribution < -0.4 is 0 Å². The summed E-state index contributed by atoms with van der Waals surface area (Å²) in [6.45, 7) is 0.478. The van der Waals surface area contributed by atoms with E-state index >= 15 is 0 Å². The Kier molecular flexibility index (Phi) is 3.92. The Labute approximate surface area is 142 Å². The minimum Gasteiger partial charge on any atom is -0.387 e. The molecule has 6 heteroatoms. The first kappa shape index (κ1) is 16.0. The molecule has 5 fully saturated rings. The zero-order chi connectivity index (χ0) is 16.2. The van der Waals surface area contributed by atoms with Crippen molar-refractivity contribution in [1.82, 2.24) is 0 Å². The molecular formula is C18H28O6. The van der Waals surface area contributed by atoms with Gasteiger partial charge in [-0.3, -0.25) is 0 Å². The number of aliphatic hydroxyl groups is 1. The van der Waals surface area contributed by atoms with Crippen molar-refractivity contribution in [3.8, 4) is 0 Å². The zero-order valence-electron chi connectivity index (χ0n) is 14.2. The molecule has 0 bridgehead atoms. The minimum absolute atomic E-state index is 0.238. The molecule has 24 heavy (non-hydrogen) atoms. The van der Waals surface area contributed by atoms with E-state index in [2.05, 4.69) is 0 Å². The van der Waals surface area contributed by atoms with Gasteiger partial charge in [0.1, 0.15) is 24.4 Å². The number of aliphatic hydroxyl groups excluding tert-OH is 1. The van der Waals surface area contributed by atoms with E-state index in [-0.39, 0.29) is 6.10 Å². The molecular weight excluding hydrogens is 312 g/mol. The Morgan fingerprint density at radius 3 is 2.04 bits per heavy atom. The maximum atomic E-state index is 10.8. The van der Waals surface area contributed by atoms with Crippen molar-refractivity contribution < 1.29 is 28.8 Å². The lowest BCUT2D eigenvalue weighted by atomic mass is 9.94. The fourth-order valence-electron chi connectivity index (χ4n) is 5.09. The fraction of sp³-hybridized carbons (Fsp3) is 1.00. The smallest absolute Gasteiger partial charge is 0.190 e. The third-order valence-electron chi connectivity index (χ3n) is 6.39. The lowest BCUT2D eigenvalue weighted by Gasteiger charge is -2.34. The van der Waals surface area contributed by atoms with Crippen LogP contribution in [0.3, 0.4) is 0 Å². The van der Waals surface area contributed by atoms with Gasteiger partial charge in [-0.05, 0) is 25.7 Å². The second kappa shape index (κ2) is 5.89. The summed E-state index contributed by atoms with van der Waals surface area (Å²) in [5.74, 6) is -0.979. The first-order valence-electron chi connectivity index (χ1n) is 9.70. The van der Waals surface area contributed by atoms with E-state index < -0.39 is 36.2 Å². The van der Waals surface area contributed by atoms with Gasteiger partial charge >= 0.3 is 0 Å². The lowest BCUT2D eigenvalue weighted by Crippen LogP contribution is -2.44. The average molecular weight is 340 g/mol. The van der Waals surface area contributed by atoms with Gasteiger partial charge < -0.3 is 28.8 Å². The standard InChI is InChI=1S/C18H28O6/c19-13-14(12-11-20-17(22-12)7-3-1-4-8-17)21-16-15(13)23-18(24-16)9-5-2-6-10-18/h12-16,19H,1-11H2/t12?,13-,14+,15?,16+/m0/s1.